The van der Waals surface area contributed by atoms with Crippen LogP contribution in [0.25, 0.3) is 0 Å². The average molecular weight is 457 g/mol. The maximum atomic E-state index is 6.36. The third-order valence-corrected chi connectivity index (χ3v) is 6.71. The van der Waals surface area contributed by atoms with E-state index in [4.69, 9.17) is 35.4 Å². The van der Waals surface area contributed by atoms with Crippen LogP contribution in [0.1, 0.15) is 45.4 Å². The fourth-order valence-electron chi connectivity index (χ4n) is 4.21. The lowest BCUT2D eigenvalue weighted by molar-refractivity contribution is 0.102. The third-order valence-electron chi connectivity index (χ3n) is 4.95. The van der Waals surface area contributed by atoms with Gasteiger partial charge in [0.05, 0.1) is 17.3 Å². The van der Waals surface area contributed by atoms with Crippen LogP contribution in [-0.4, -0.2) is 27.1 Å². The lowest BCUT2D eigenvalue weighted by Gasteiger charge is -2.50. The van der Waals surface area contributed by atoms with Gasteiger partial charge in [0.15, 0.2) is 5.11 Å². The Labute approximate surface area is 187 Å². The number of piperidine rings is 1. The summed E-state index contributed by atoms with van der Waals surface area (Å²) in [6, 6.07) is 9.93. The molecule has 2 N–H and O–H groups in total. The largest absolute Gasteiger partial charge is 0.341 e. The molecule has 0 atom stereocenters. The molecule has 1 fully saturated rings. The molecule has 0 bridgehead atoms. The molecule has 2 heterocycles. The maximum absolute atomic E-state index is 6.36. The van der Waals surface area contributed by atoms with E-state index in [2.05, 4.69) is 60.7 Å². The van der Waals surface area contributed by atoms with Gasteiger partial charge in [0.25, 0.3) is 0 Å². The number of hydrogen-bond acceptors (Lipinski definition) is 3. The Kier molecular flexibility index (Phi) is 6.62. The molecular formula is C21H27Cl2N3S2. The van der Waals surface area contributed by atoms with Crippen molar-refractivity contribution in [3.05, 3.63) is 50.6 Å². The summed E-state index contributed by atoms with van der Waals surface area (Å²) in [5, 5.41) is 11.1. The van der Waals surface area contributed by atoms with E-state index in [1.165, 1.54) is 4.88 Å². The lowest BCUT2D eigenvalue weighted by Crippen LogP contribution is -2.63. The molecule has 7 heteroatoms. The third kappa shape index (κ3) is 5.61. The predicted octanol–water partition coefficient (Wildman–Crippen LogP) is 6.56. The molecule has 1 saturated heterocycles. The van der Waals surface area contributed by atoms with Crippen molar-refractivity contribution in [3.8, 4) is 0 Å². The quantitative estimate of drug-likeness (QED) is 0.510. The van der Waals surface area contributed by atoms with E-state index in [-0.39, 0.29) is 11.1 Å². The molecule has 2 aromatic rings. The highest BCUT2D eigenvalue weighted by Crippen LogP contribution is 2.34. The number of nitrogens with one attached hydrogen (secondary N) is 2. The Morgan fingerprint density at radius 2 is 1.89 bits per heavy atom. The number of thiocarbonyl (C=S) groups is 1. The number of nitrogens with zero attached hydrogens (tertiary/aromatic N) is 1. The van der Waals surface area contributed by atoms with Crippen molar-refractivity contribution in [2.24, 2.45) is 0 Å². The van der Waals surface area contributed by atoms with Crippen molar-refractivity contribution in [1.82, 2.24) is 10.2 Å². The molecule has 0 spiro atoms. The van der Waals surface area contributed by atoms with Crippen molar-refractivity contribution in [2.45, 2.75) is 64.2 Å². The summed E-state index contributed by atoms with van der Waals surface area (Å²) in [6.45, 7) is 9.81. The van der Waals surface area contributed by atoms with Crippen LogP contribution in [-0.2, 0) is 6.54 Å². The zero-order chi connectivity index (χ0) is 20.5. The fraction of sp³-hybridized carbons (Fsp3) is 0.476. The van der Waals surface area contributed by atoms with E-state index in [1.807, 2.05) is 6.07 Å². The van der Waals surface area contributed by atoms with Gasteiger partial charge in [-0.2, -0.15) is 0 Å². The molecule has 28 heavy (non-hydrogen) atoms. The molecule has 0 unspecified atom stereocenters. The topological polar surface area (TPSA) is 27.3 Å². The molecule has 1 aliphatic heterocycles. The van der Waals surface area contributed by atoms with Gasteiger partial charge in [0.2, 0.25) is 0 Å². The lowest BCUT2D eigenvalue weighted by atomic mass is 9.79. The molecule has 1 aromatic heterocycles. The Morgan fingerprint density at radius 3 is 2.50 bits per heavy atom. The van der Waals surface area contributed by atoms with E-state index in [0.29, 0.717) is 21.2 Å². The van der Waals surface area contributed by atoms with Crippen molar-refractivity contribution in [1.29, 1.82) is 0 Å². The number of hydrogen-bond donors (Lipinski definition) is 2. The predicted molar refractivity (Wildman–Crippen MR) is 127 cm³/mol. The Bertz CT molecular complexity index is 818. The zero-order valence-corrected chi connectivity index (χ0v) is 19.8. The molecule has 0 saturated carbocycles. The summed E-state index contributed by atoms with van der Waals surface area (Å²) in [4.78, 5) is 3.60. The first kappa shape index (κ1) is 21.8. The summed E-state index contributed by atoms with van der Waals surface area (Å²) < 4.78 is 0. The second-order valence-corrected chi connectivity index (χ2v) is 11.0. The highest BCUT2D eigenvalue weighted by molar-refractivity contribution is 7.80. The normalized spacial score (nSPS) is 18.6. The molecule has 3 nitrogen and oxygen atoms in total. The Morgan fingerprint density at radius 1 is 1.21 bits per heavy atom. The molecular weight excluding hydrogens is 429 g/mol. The Balaban J connectivity index is 1.88. The second-order valence-electron chi connectivity index (χ2n) is 8.72. The van der Waals surface area contributed by atoms with Gasteiger partial charge in [0, 0.05) is 27.0 Å². The summed E-state index contributed by atoms with van der Waals surface area (Å²) in [7, 11) is 0. The van der Waals surface area contributed by atoms with Crippen LogP contribution in [0, 0.1) is 0 Å². The van der Waals surface area contributed by atoms with Crippen LogP contribution >= 0.6 is 46.8 Å². The number of rotatable bonds is 4. The first-order chi connectivity index (χ1) is 13.0. The minimum absolute atomic E-state index is 0.0312. The molecule has 0 aliphatic carbocycles. The van der Waals surface area contributed by atoms with Gasteiger partial charge in [-0.25, -0.2) is 0 Å². The summed E-state index contributed by atoms with van der Waals surface area (Å²) in [6.07, 6.45) is 2.01. The summed E-state index contributed by atoms with van der Waals surface area (Å²) in [5.74, 6) is 0. The molecule has 152 valence electrons. The fourth-order valence-corrected chi connectivity index (χ4v) is 5.57. The van der Waals surface area contributed by atoms with Crippen molar-refractivity contribution >= 4 is 57.6 Å². The number of benzene rings is 1. The minimum atomic E-state index is 0.0312. The van der Waals surface area contributed by atoms with Gasteiger partial charge >= 0.3 is 0 Å². The number of thiophene rings is 1. The van der Waals surface area contributed by atoms with Crippen LogP contribution in [0.4, 0.5) is 5.69 Å². The van der Waals surface area contributed by atoms with Gasteiger partial charge in [-0.3, -0.25) is 0 Å². The van der Waals surface area contributed by atoms with E-state index >= 15 is 0 Å². The van der Waals surface area contributed by atoms with Crippen LogP contribution in [0.5, 0.6) is 0 Å². The Hall–Kier alpha value is -0.850. The van der Waals surface area contributed by atoms with Gasteiger partial charge < -0.3 is 15.5 Å². The summed E-state index contributed by atoms with van der Waals surface area (Å²) in [5.41, 5.74) is 0.801. The summed E-state index contributed by atoms with van der Waals surface area (Å²) >= 11 is 20.1. The second kappa shape index (κ2) is 8.49. The number of anilines is 1. The van der Waals surface area contributed by atoms with Gasteiger partial charge in [0.1, 0.15) is 0 Å². The molecule has 3 rings (SSSR count). The van der Waals surface area contributed by atoms with Crippen LogP contribution in [0.15, 0.2) is 35.7 Å². The van der Waals surface area contributed by atoms with E-state index < -0.39 is 0 Å². The van der Waals surface area contributed by atoms with E-state index in [0.717, 1.165) is 25.1 Å². The van der Waals surface area contributed by atoms with E-state index in [1.54, 1.807) is 23.5 Å². The smallest absolute Gasteiger partial charge is 0.174 e. The van der Waals surface area contributed by atoms with Gasteiger partial charge in [-0.05, 0) is 82.4 Å². The molecule has 0 amide bonds. The first-order valence-corrected chi connectivity index (χ1v) is 11.4. The standard InChI is InChI=1S/C21H27Cl2N3S2/c1-20(2)11-15(12-21(3,4)25-20)26(13-16-6-5-9-28-16)19(27)24-18-10-14(22)7-8-17(18)23/h5-10,15,25H,11-13H2,1-4H3,(H,24,27). The SMILES string of the molecule is CC1(C)CC(N(Cc2cccs2)C(=S)Nc2cc(Cl)ccc2Cl)CC(C)(C)N1. The highest BCUT2D eigenvalue weighted by Gasteiger charge is 2.40. The van der Waals surface area contributed by atoms with Gasteiger partial charge in [-0.1, -0.05) is 29.3 Å². The number of halogens is 2. The average Bonchev–Trinajstić information content (AvgIpc) is 3.06. The van der Waals surface area contributed by atoms with Crippen molar-refractivity contribution in [2.75, 3.05) is 5.32 Å². The van der Waals surface area contributed by atoms with E-state index in [9.17, 15) is 0 Å². The van der Waals surface area contributed by atoms with Crippen molar-refractivity contribution < 1.29 is 0 Å². The van der Waals surface area contributed by atoms with Crippen LogP contribution < -0.4 is 10.6 Å². The first-order valence-electron chi connectivity index (χ1n) is 9.39. The maximum Gasteiger partial charge on any atom is 0.174 e. The van der Waals surface area contributed by atoms with Gasteiger partial charge in [-0.15, -0.1) is 11.3 Å². The van der Waals surface area contributed by atoms with Crippen LogP contribution in [0.2, 0.25) is 10.0 Å². The molecule has 0 radical (unpaired) electrons. The molecule has 1 aliphatic rings. The zero-order valence-electron chi connectivity index (χ0n) is 16.7. The van der Waals surface area contributed by atoms with Crippen LogP contribution in [0.3, 0.4) is 0 Å². The van der Waals surface area contributed by atoms with Crippen molar-refractivity contribution in [3.63, 3.8) is 0 Å². The highest BCUT2D eigenvalue weighted by atomic mass is 35.5. The molecule has 1 aromatic carbocycles. The monoisotopic (exact) mass is 455 g/mol. The minimum Gasteiger partial charge on any atom is -0.341 e.